The van der Waals surface area contributed by atoms with E-state index < -0.39 is 11.9 Å². The lowest BCUT2D eigenvalue weighted by atomic mass is 9.87. The molecule has 0 aromatic rings. The van der Waals surface area contributed by atoms with Crippen molar-refractivity contribution < 1.29 is 28.4 Å². The van der Waals surface area contributed by atoms with Gasteiger partial charge in [0.25, 0.3) is 11.9 Å². The lowest BCUT2D eigenvalue weighted by Gasteiger charge is -2.52. The van der Waals surface area contributed by atoms with Crippen LogP contribution in [0.4, 0.5) is 0 Å². The second kappa shape index (κ2) is 6.48. The van der Waals surface area contributed by atoms with Gasteiger partial charge in [-0.25, -0.2) is 0 Å². The number of hydrogen-bond donors (Lipinski definition) is 0. The van der Waals surface area contributed by atoms with Gasteiger partial charge in [-0.1, -0.05) is 13.8 Å². The first kappa shape index (κ1) is 17.1. The van der Waals surface area contributed by atoms with Crippen molar-refractivity contribution in [3.63, 3.8) is 0 Å². The van der Waals surface area contributed by atoms with Gasteiger partial charge in [-0.2, -0.15) is 0 Å². The van der Waals surface area contributed by atoms with Crippen LogP contribution in [0.3, 0.4) is 0 Å². The van der Waals surface area contributed by atoms with Crippen LogP contribution in [0, 0.1) is 11.8 Å². The highest BCUT2D eigenvalue weighted by Crippen LogP contribution is 2.44. The van der Waals surface area contributed by atoms with E-state index in [0.29, 0.717) is 0 Å². The highest BCUT2D eigenvalue weighted by atomic mass is 16.9. The molecule has 0 amide bonds. The average molecular weight is 304 g/mol. The normalized spacial score (nSPS) is 36.9. The van der Waals surface area contributed by atoms with E-state index in [0.717, 1.165) is 19.3 Å². The Morgan fingerprint density at radius 2 is 1.05 bits per heavy atom. The van der Waals surface area contributed by atoms with Gasteiger partial charge in [0.2, 0.25) is 0 Å². The van der Waals surface area contributed by atoms with Gasteiger partial charge in [0.05, 0.1) is 24.0 Å². The Labute approximate surface area is 127 Å². The van der Waals surface area contributed by atoms with Crippen LogP contribution in [0.1, 0.15) is 33.1 Å². The van der Waals surface area contributed by atoms with Crippen molar-refractivity contribution >= 4 is 0 Å². The van der Waals surface area contributed by atoms with E-state index in [1.165, 1.54) is 0 Å². The molecule has 2 saturated heterocycles. The fourth-order valence-corrected chi connectivity index (χ4v) is 3.39. The third-order valence-electron chi connectivity index (χ3n) is 4.98. The standard InChI is InChI=1S/C15H28O6/c1-10-12(20-14(10,16-3)17-4)8-7-9-13-11(2)15(18-5,19-6)21-13/h10-13H,7-9H2,1-6H3. The van der Waals surface area contributed by atoms with Gasteiger partial charge in [0, 0.05) is 28.4 Å². The monoisotopic (exact) mass is 304 g/mol. The lowest BCUT2D eigenvalue weighted by Crippen LogP contribution is -2.62. The molecular formula is C15H28O6. The van der Waals surface area contributed by atoms with Crippen LogP contribution < -0.4 is 0 Å². The van der Waals surface area contributed by atoms with Gasteiger partial charge >= 0.3 is 0 Å². The summed E-state index contributed by atoms with van der Waals surface area (Å²) < 4.78 is 32.7. The quantitative estimate of drug-likeness (QED) is 0.640. The van der Waals surface area contributed by atoms with Crippen LogP contribution in [0.5, 0.6) is 0 Å². The van der Waals surface area contributed by atoms with Crippen LogP contribution in [0.2, 0.25) is 0 Å². The van der Waals surface area contributed by atoms with E-state index in [4.69, 9.17) is 28.4 Å². The summed E-state index contributed by atoms with van der Waals surface area (Å²) >= 11 is 0. The van der Waals surface area contributed by atoms with E-state index in [1.54, 1.807) is 28.4 Å². The molecule has 2 aliphatic heterocycles. The van der Waals surface area contributed by atoms with E-state index in [9.17, 15) is 0 Å². The summed E-state index contributed by atoms with van der Waals surface area (Å²) in [5.74, 6) is -1.26. The van der Waals surface area contributed by atoms with Gasteiger partial charge in [-0.3, -0.25) is 0 Å². The number of ether oxygens (including phenoxy) is 6. The molecule has 0 aliphatic carbocycles. The maximum Gasteiger partial charge on any atom is 0.287 e. The molecule has 6 heteroatoms. The molecular weight excluding hydrogens is 276 g/mol. The SMILES string of the molecule is COC1(OC)OC(CCCC2OC(OC)(OC)C2C)C1C. The molecule has 0 N–H and O–H groups in total. The van der Waals surface area contributed by atoms with Crippen LogP contribution in [0.25, 0.3) is 0 Å². The summed E-state index contributed by atoms with van der Waals surface area (Å²) in [5.41, 5.74) is 0. The van der Waals surface area contributed by atoms with Crippen molar-refractivity contribution in [1.82, 2.24) is 0 Å². The first-order chi connectivity index (χ1) is 9.98. The Morgan fingerprint density at radius 3 is 1.29 bits per heavy atom. The largest absolute Gasteiger partial charge is 0.331 e. The molecule has 0 spiro atoms. The van der Waals surface area contributed by atoms with E-state index in [2.05, 4.69) is 13.8 Å². The third kappa shape index (κ3) is 2.73. The van der Waals surface area contributed by atoms with Gasteiger partial charge in [0.15, 0.2) is 0 Å². The van der Waals surface area contributed by atoms with Crippen molar-refractivity contribution in [3.05, 3.63) is 0 Å². The van der Waals surface area contributed by atoms with Gasteiger partial charge in [0.1, 0.15) is 0 Å². The van der Waals surface area contributed by atoms with Gasteiger partial charge in [-0.05, 0) is 19.3 Å². The minimum Gasteiger partial charge on any atom is -0.331 e. The van der Waals surface area contributed by atoms with E-state index in [-0.39, 0.29) is 24.0 Å². The molecule has 0 aromatic heterocycles. The predicted octanol–water partition coefficient (Wildman–Crippen LogP) is 2.12. The second-order valence-electron chi connectivity index (χ2n) is 5.84. The highest BCUT2D eigenvalue weighted by molar-refractivity contribution is 4.89. The summed E-state index contributed by atoms with van der Waals surface area (Å²) in [6.07, 6.45) is 3.31. The van der Waals surface area contributed by atoms with Gasteiger partial charge < -0.3 is 28.4 Å². The molecule has 0 bridgehead atoms. The zero-order valence-electron chi connectivity index (χ0n) is 13.9. The zero-order valence-corrected chi connectivity index (χ0v) is 13.9. The van der Waals surface area contributed by atoms with Crippen molar-refractivity contribution in [2.75, 3.05) is 28.4 Å². The molecule has 0 aromatic carbocycles. The molecule has 0 saturated carbocycles. The summed E-state index contributed by atoms with van der Waals surface area (Å²) in [4.78, 5) is 0. The number of methoxy groups -OCH3 is 4. The van der Waals surface area contributed by atoms with Crippen LogP contribution in [0.15, 0.2) is 0 Å². The fraction of sp³-hybridized carbons (Fsp3) is 1.00. The molecule has 2 fully saturated rings. The van der Waals surface area contributed by atoms with Crippen molar-refractivity contribution in [3.8, 4) is 0 Å². The van der Waals surface area contributed by atoms with Crippen molar-refractivity contribution in [2.45, 2.75) is 57.3 Å². The maximum absolute atomic E-state index is 5.75. The van der Waals surface area contributed by atoms with E-state index in [1.807, 2.05) is 0 Å². The number of rotatable bonds is 8. The first-order valence-electron chi connectivity index (χ1n) is 7.54. The summed E-state index contributed by atoms with van der Waals surface area (Å²) in [6, 6.07) is 0. The Balaban J connectivity index is 1.69. The second-order valence-corrected chi connectivity index (χ2v) is 5.84. The Morgan fingerprint density at radius 1 is 0.714 bits per heavy atom. The molecule has 2 heterocycles. The fourth-order valence-electron chi connectivity index (χ4n) is 3.39. The molecule has 6 nitrogen and oxygen atoms in total. The lowest BCUT2D eigenvalue weighted by molar-refractivity contribution is -0.481. The molecule has 4 unspecified atom stereocenters. The van der Waals surface area contributed by atoms with Gasteiger partial charge in [-0.15, -0.1) is 0 Å². The minimum absolute atomic E-state index is 0.176. The minimum atomic E-state index is -0.855. The summed E-state index contributed by atoms with van der Waals surface area (Å²) in [7, 11) is 6.43. The Bertz CT molecular complexity index is 307. The average Bonchev–Trinajstić information content (AvgIpc) is 2.52. The van der Waals surface area contributed by atoms with Crippen LogP contribution >= 0.6 is 0 Å². The van der Waals surface area contributed by atoms with Crippen molar-refractivity contribution in [1.29, 1.82) is 0 Å². The van der Waals surface area contributed by atoms with Crippen LogP contribution in [-0.2, 0) is 28.4 Å². The first-order valence-corrected chi connectivity index (χ1v) is 7.54. The molecule has 124 valence electrons. The maximum atomic E-state index is 5.75. The molecule has 21 heavy (non-hydrogen) atoms. The molecule has 0 radical (unpaired) electrons. The number of hydrogen-bond acceptors (Lipinski definition) is 6. The topological polar surface area (TPSA) is 55.4 Å². The smallest absolute Gasteiger partial charge is 0.287 e. The zero-order chi connectivity index (χ0) is 15.7. The molecule has 2 rings (SSSR count). The molecule has 2 aliphatic rings. The Hall–Kier alpha value is -0.240. The van der Waals surface area contributed by atoms with Crippen LogP contribution in [-0.4, -0.2) is 52.6 Å². The predicted molar refractivity (Wildman–Crippen MR) is 75.4 cm³/mol. The summed E-state index contributed by atoms with van der Waals surface area (Å²) in [6.45, 7) is 4.18. The Kier molecular flexibility index (Phi) is 5.28. The third-order valence-corrected chi connectivity index (χ3v) is 4.98. The van der Waals surface area contributed by atoms with E-state index >= 15 is 0 Å². The van der Waals surface area contributed by atoms with Crippen molar-refractivity contribution in [2.24, 2.45) is 11.8 Å². The highest BCUT2D eigenvalue weighted by Gasteiger charge is 2.56. The summed E-state index contributed by atoms with van der Waals surface area (Å²) in [5, 5.41) is 0. The molecule has 4 atom stereocenters.